The van der Waals surface area contributed by atoms with Gasteiger partial charge < -0.3 is 10.5 Å². The van der Waals surface area contributed by atoms with Crippen LogP contribution in [0, 0.1) is 0 Å². The van der Waals surface area contributed by atoms with E-state index < -0.39 is 0 Å². The quantitative estimate of drug-likeness (QED) is 0.884. The Kier molecular flexibility index (Phi) is 5.11. The summed E-state index contributed by atoms with van der Waals surface area (Å²) in [5.74, 6) is 0.821. The molecule has 21 heavy (non-hydrogen) atoms. The van der Waals surface area contributed by atoms with Crippen molar-refractivity contribution in [3.05, 3.63) is 46.2 Å². The summed E-state index contributed by atoms with van der Waals surface area (Å²) >= 11 is 0. The number of aryl methyl sites for hydroxylation is 1. The van der Waals surface area contributed by atoms with Gasteiger partial charge in [-0.15, -0.1) is 0 Å². The molecule has 2 N–H and O–H groups in total. The molecule has 0 atom stereocenters. The van der Waals surface area contributed by atoms with Gasteiger partial charge in [0.05, 0.1) is 12.3 Å². The summed E-state index contributed by atoms with van der Waals surface area (Å²) in [7, 11) is 0. The predicted molar refractivity (Wildman–Crippen MR) is 83.3 cm³/mol. The molecule has 0 aliphatic heterocycles. The second-order valence-corrected chi connectivity index (χ2v) is 4.74. The Morgan fingerprint density at radius 2 is 1.95 bits per heavy atom. The van der Waals surface area contributed by atoms with E-state index >= 15 is 0 Å². The van der Waals surface area contributed by atoms with Crippen LogP contribution in [0.5, 0.6) is 5.75 Å². The zero-order valence-electron chi connectivity index (χ0n) is 12.5. The average Bonchev–Trinajstić information content (AvgIpc) is 2.51. The maximum Gasteiger partial charge on any atom is 0.271 e. The summed E-state index contributed by atoms with van der Waals surface area (Å²) < 4.78 is 6.92. The third-order valence-corrected chi connectivity index (χ3v) is 3.16. The molecule has 5 nitrogen and oxygen atoms in total. The van der Waals surface area contributed by atoms with Crippen molar-refractivity contribution >= 4 is 0 Å². The Bertz CT molecular complexity index is 648. The monoisotopic (exact) mass is 287 g/mol. The van der Waals surface area contributed by atoms with Crippen LogP contribution in [-0.2, 0) is 13.1 Å². The summed E-state index contributed by atoms with van der Waals surface area (Å²) in [6.07, 6.45) is 0.851. The summed E-state index contributed by atoms with van der Waals surface area (Å²) in [5, 5.41) is 4.42. The Labute approximate surface area is 124 Å². The van der Waals surface area contributed by atoms with Crippen molar-refractivity contribution in [1.29, 1.82) is 0 Å². The summed E-state index contributed by atoms with van der Waals surface area (Å²) in [4.78, 5) is 12.1. The van der Waals surface area contributed by atoms with Crippen molar-refractivity contribution in [2.45, 2.75) is 33.4 Å². The minimum atomic E-state index is -0.103. The third kappa shape index (κ3) is 3.49. The van der Waals surface area contributed by atoms with E-state index in [1.807, 2.05) is 38.1 Å². The molecule has 0 amide bonds. The topological polar surface area (TPSA) is 70.1 Å². The molecule has 0 radical (unpaired) electrons. The zero-order valence-corrected chi connectivity index (χ0v) is 12.5. The van der Waals surface area contributed by atoms with Gasteiger partial charge in [-0.25, -0.2) is 4.68 Å². The van der Waals surface area contributed by atoms with Gasteiger partial charge in [0.15, 0.2) is 0 Å². The van der Waals surface area contributed by atoms with E-state index in [2.05, 4.69) is 5.10 Å². The molecule has 0 aliphatic carbocycles. The molecule has 0 spiro atoms. The van der Waals surface area contributed by atoms with E-state index in [1.165, 1.54) is 4.68 Å². The lowest BCUT2D eigenvalue weighted by atomic mass is 10.1. The molecule has 0 aliphatic rings. The van der Waals surface area contributed by atoms with Gasteiger partial charge in [0.25, 0.3) is 5.56 Å². The van der Waals surface area contributed by atoms with Gasteiger partial charge in [-0.2, -0.15) is 5.10 Å². The highest BCUT2D eigenvalue weighted by Gasteiger charge is 2.08. The Balaban J connectivity index is 2.42. The third-order valence-electron chi connectivity index (χ3n) is 3.16. The lowest BCUT2D eigenvalue weighted by molar-refractivity contribution is 0.340. The van der Waals surface area contributed by atoms with Gasteiger partial charge in [0, 0.05) is 24.2 Å². The predicted octanol–water partition coefficient (Wildman–Crippen LogP) is 2.18. The number of aromatic nitrogens is 2. The lowest BCUT2D eigenvalue weighted by Gasteiger charge is -2.10. The highest BCUT2D eigenvalue weighted by molar-refractivity contribution is 5.60. The van der Waals surface area contributed by atoms with Gasteiger partial charge >= 0.3 is 0 Å². The molecule has 0 unspecified atom stereocenters. The van der Waals surface area contributed by atoms with Crippen LogP contribution >= 0.6 is 0 Å². The van der Waals surface area contributed by atoms with E-state index in [9.17, 15) is 4.79 Å². The number of hydrogen-bond acceptors (Lipinski definition) is 4. The van der Waals surface area contributed by atoms with Crippen LogP contribution in [0.15, 0.2) is 35.1 Å². The maximum atomic E-state index is 12.1. The highest BCUT2D eigenvalue weighted by Crippen LogP contribution is 2.20. The van der Waals surface area contributed by atoms with Gasteiger partial charge in [-0.1, -0.05) is 6.92 Å². The average molecular weight is 287 g/mol. The van der Waals surface area contributed by atoms with E-state index in [4.69, 9.17) is 10.5 Å². The minimum Gasteiger partial charge on any atom is -0.494 e. The molecule has 1 heterocycles. The number of rotatable bonds is 6. The molecule has 5 heteroatoms. The normalized spacial score (nSPS) is 10.6. The smallest absolute Gasteiger partial charge is 0.271 e. The second kappa shape index (κ2) is 7.04. The van der Waals surface area contributed by atoms with E-state index in [0.29, 0.717) is 18.7 Å². The lowest BCUT2D eigenvalue weighted by Crippen LogP contribution is -2.28. The first kappa shape index (κ1) is 15.3. The molecular formula is C16H21N3O2. The first-order valence-corrected chi connectivity index (χ1v) is 7.24. The van der Waals surface area contributed by atoms with Crippen molar-refractivity contribution in [1.82, 2.24) is 9.78 Å². The molecule has 112 valence electrons. The van der Waals surface area contributed by atoms with Crippen LogP contribution in [0.2, 0.25) is 0 Å². The molecule has 2 rings (SSSR count). The maximum absolute atomic E-state index is 12.1. The molecule has 1 aromatic heterocycles. The Morgan fingerprint density at radius 1 is 1.24 bits per heavy atom. The van der Waals surface area contributed by atoms with Crippen LogP contribution in [0.4, 0.5) is 0 Å². The number of nitrogens with two attached hydrogens (primary N) is 1. The first-order chi connectivity index (χ1) is 10.2. The first-order valence-electron chi connectivity index (χ1n) is 7.24. The van der Waals surface area contributed by atoms with Crippen LogP contribution < -0.4 is 16.0 Å². The summed E-state index contributed by atoms with van der Waals surface area (Å²) in [5.41, 5.74) is 7.85. The second-order valence-electron chi connectivity index (χ2n) is 4.74. The van der Waals surface area contributed by atoms with Gasteiger partial charge in [-0.05, 0) is 43.7 Å². The van der Waals surface area contributed by atoms with Crippen molar-refractivity contribution in [2.75, 3.05) is 6.61 Å². The SMILES string of the molecule is CCCn1nc(-c2ccc(OCC)cc2)cc(CN)c1=O. The highest BCUT2D eigenvalue weighted by atomic mass is 16.5. The van der Waals surface area contributed by atoms with Gasteiger partial charge in [0.2, 0.25) is 0 Å². The fraction of sp³-hybridized carbons (Fsp3) is 0.375. The summed E-state index contributed by atoms with van der Waals surface area (Å²) in [6, 6.07) is 9.45. The van der Waals surface area contributed by atoms with Crippen LogP contribution in [-0.4, -0.2) is 16.4 Å². The zero-order chi connectivity index (χ0) is 15.2. The number of nitrogens with zero attached hydrogens (tertiary/aromatic N) is 2. The van der Waals surface area contributed by atoms with Crippen molar-refractivity contribution in [3.8, 4) is 17.0 Å². The molecule has 1 aromatic carbocycles. The van der Waals surface area contributed by atoms with Crippen molar-refractivity contribution < 1.29 is 4.74 Å². The largest absolute Gasteiger partial charge is 0.494 e. The number of ether oxygens (including phenoxy) is 1. The fourth-order valence-corrected chi connectivity index (χ4v) is 2.14. The van der Waals surface area contributed by atoms with Gasteiger partial charge in [-0.3, -0.25) is 4.79 Å². The Hall–Kier alpha value is -2.14. The molecule has 0 bridgehead atoms. The Morgan fingerprint density at radius 3 is 2.52 bits per heavy atom. The molecule has 0 fully saturated rings. The standard InChI is InChI=1S/C16H21N3O2/c1-3-9-19-16(20)13(11-17)10-15(18-19)12-5-7-14(8-6-12)21-4-2/h5-8,10H,3-4,9,11,17H2,1-2H3. The number of benzene rings is 1. The van der Waals surface area contributed by atoms with E-state index in [-0.39, 0.29) is 12.1 Å². The fourth-order valence-electron chi connectivity index (χ4n) is 2.14. The van der Waals surface area contributed by atoms with E-state index in [0.717, 1.165) is 23.4 Å². The van der Waals surface area contributed by atoms with Crippen molar-refractivity contribution in [3.63, 3.8) is 0 Å². The van der Waals surface area contributed by atoms with Crippen molar-refractivity contribution in [2.24, 2.45) is 5.73 Å². The molecule has 0 saturated carbocycles. The molecule has 2 aromatic rings. The number of hydrogen-bond donors (Lipinski definition) is 1. The molecule has 0 saturated heterocycles. The van der Waals surface area contributed by atoms with E-state index in [1.54, 1.807) is 6.07 Å². The van der Waals surface area contributed by atoms with Crippen LogP contribution in [0.25, 0.3) is 11.3 Å². The van der Waals surface area contributed by atoms with Gasteiger partial charge in [0.1, 0.15) is 5.75 Å². The van der Waals surface area contributed by atoms with Crippen LogP contribution in [0.3, 0.4) is 0 Å². The minimum absolute atomic E-state index is 0.103. The summed E-state index contributed by atoms with van der Waals surface area (Å²) in [6.45, 7) is 5.41. The molecular weight excluding hydrogens is 266 g/mol. The van der Waals surface area contributed by atoms with Crippen LogP contribution in [0.1, 0.15) is 25.8 Å².